The number of carbonyl (C=O) groups excluding carboxylic acids is 1. The lowest BCUT2D eigenvalue weighted by molar-refractivity contribution is 0.0812. The molecule has 3 heteroatoms. The van der Waals surface area contributed by atoms with E-state index in [9.17, 15) is 4.79 Å². The molecule has 2 N–H and O–H groups in total. The molecule has 0 bridgehead atoms. The standard InChI is InChI=1S/C13H16N2O/c1-5-6-15(4)13(16)11-8-12(14)10(3)7-9(11)2/h1,7-8H,6,14H2,2-4H3. The molecule has 0 saturated carbocycles. The zero-order chi connectivity index (χ0) is 12.3. The van der Waals surface area contributed by atoms with Gasteiger partial charge in [0.2, 0.25) is 0 Å². The van der Waals surface area contributed by atoms with Gasteiger partial charge in [0.25, 0.3) is 5.91 Å². The molecule has 1 rings (SSSR count). The zero-order valence-corrected chi connectivity index (χ0v) is 9.87. The number of nitrogens with zero attached hydrogens (tertiary/aromatic N) is 1. The minimum atomic E-state index is -0.0952. The summed E-state index contributed by atoms with van der Waals surface area (Å²) in [4.78, 5) is 13.5. The first kappa shape index (κ1) is 12.1. The maximum absolute atomic E-state index is 12.0. The van der Waals surface area contributed by atoms with Crippen LogP contribution in [0.25, 0.3) is 0 Å². The van der Waals surface area contributed by atoms with Crippen LogP contribution in [0.4, 0.5) is 5.69 Å². The van der Waals surface area contributed by atoms with Crippen molar-refractivity contribution in [2.45, 2.75) is 13.8 Å². The summed E-state index contributed by atoms with van der Waals surface area (Å²) >= 11 is 0. The van der Waals surface area contributed by atoms with Crippen molar-refractivity contribution >= 4 is 11.6 Å². The summed E-state index contributed by atoms with van der Waals surface area (Å²) in [5, 5.41) is 0. The topological polar surface area (TPSA) is 46.3 Å². The highest BCUT2D eigenvalue weighted by Gasteiger charge is 2.14. The summed E-state index contributed by atoms with van der Waals surface area (Å²) in [6.07, 6.45) is 5.17. The number of aryl methyl sites for hydroxylation is 2. The number of hydrogen-bond donors (Lipinski definition) is 1. The Bertz CT molecular complexity index is 458. The summed E-state index contributed by atoms with van der Waals surface area (Å²) in [6, 6.07) is 3.62. The lowest BCUT2D eigenvalue weighted by Gasteiger charge is -2.16. The van der Waals surface area contributed by atoms with Crippen molar-refractivity contribution in [3.63, 3.8) is 0 Å². The highest BCUT2D eigenvalue weighted by atomic mass is 16.2. The van der Waals surface area contributed by atoms with Gasteiger partial charge < -0.3 is 10.6 Å². The van der Waals surface area contributed by atoms with E-state index in [0.717, 1.165) is 11.1 Å². The van der Waals surface area contributed by atoms with Crippen LogP contribution in [0.1, 0.15) is 21.5 Å². The third kappa shape index (κ3) is 2.34. The molecule has 0 aliphatic heterocycles. The van der Waals surface area contributed by atoms with Gasteiger partial charge in [-0.3, -0.25) is 4.79 Å². The predicted molar refractivity (Wildman–Crippen MR) is 66.1 cm³/mol. The number of nitrogens with two attached hydrogens (primary N) is 1. The molecule has 0 aliphatic rings. The number of benzene rings is 1. The zero-order valence-electron chi connectivity index (χ0n) is 9.87. The minimum Gasteiger partial charge on any atom is -0.398 e. The van der Waals surface area contributed by atoms with E-state index in [0.29, 0.717) is 17.8 Å². The van der Waals surface area contributed by atoms with Crippen LogP contribution in [0.15, 0.2) is 12.1 Å². The molecule has 1 aromatic carbocycles. The first-order valence-electron chi connectivity index (χ1n) is 5.03. The Hall–Kier alpha value is -1.95. The Morgan fingerprint density at radius 2 is 2.06 bits per heavy atom. The number of hydrogen-bond acceptors (Lipinski definition) is 2. The van der Waals surface area contributed by atoms with E-state index in [2.05, 4.69) is 5.92 Å². The number of carbonyl (C=O) groups is 1. The van der Waals surface area contributed by atoms with Crippen molar-refractivity contribution in [2.75, 3.05) is 19.3 Å². The Kier molecular flexibility index (Phi) is 3.57. The monoisotopic (exact) mass is 216 g/mol. The van der Waals surface area contributed by atoms with Gasteiger partial charge in [-0.15, -0.1) is 6.42 Å². The number of terminal acetylenes is 1. The lowest BCUT2D eigenvalue weighted by atomic mass is 10.0. The van der Waals surface area contributed by atoms with Gasteiger partial charge >= 0.3 is 0 Å². The first-order valence-corrected chi connectivity index (χ1v) is 5.03. The summed E-state index contributed by atoms with van der Waals surface area (Å²) in [5.41, 5.74) is 8.93. The fourth-order valence-electron chi connectivity index (χ4n) is 1.51. The number of amides is 1. The quantitative estimate of drug-likeness (QED) is 0.603. The fourth-order valence-corrected chi connectivity index (χ4v) is 1.51. The lowest BCUT2D eigenvalue weighted by Crippen LogP contribution is -2.27. The third-order valence-corrected chi connectivity index (χ3v) is 2.52. The average molecular weight is 216 g/mol. The van der Waals surface area contributed by atoms with E-state index in [4.69, 9.17) is 12.2 Å². The van der Waals surface area contributed by atoms with Gasteiger partial charge in [0.15, 0.2) is 0 Å². The van der Waals surface area contributed by atoms with Gasteiger partial charge in [-0.05, 0) is 31.0 Å². The molecule has 0 spiro atoms. The van der Waals surface area contributed by atoms with Gasteiger partial charge in [-0.25, -0.2) is 0 Å². The normalized spacial score (nSPS) is 9.62. The van der Waals surface area contributed by atoms with Gasteiger partial charge in [0, 0.05) is 18.3 Å². The molecule has 0 aromatic heterocycles. The van der Waals surface area contributed by atoms with Crippen LogP contribution in [0.3, 0.4) is 0 Å². The molecule has 0 heterocycles. The maximum Gasteiger partial charge on any atom is 0.254 e. The molecule has 0 aliphatic carbocycles. The Morgan fingerprint density at radius 3 is 2.62 bits per heavy atom. The van der Waals surface area contributed by atoms with Crippen molar-refractivity contribution < 1.29 is 4.79 Å². The molecule has 0 fully saturated rings. The molecule has 84 valence electrons. The smallest absolute Gasteiger partial charge is 0.254 e. The molecule has 0 unspecified atom stereocenters. The van der Waals surface area contributed by atoms with Crippen molar-refractivity contribution in [1.82, 2.24) is 4.90 Å². The highest BCUT2D eigenvalue weighted by molar-refractivity contribution is 5.96. The second-order valence-electron chi connectivity index (χ2n) is 3.89. The molecule has 1 amide bonds. The summed E-state index contributed by atoms with van der Waals surface area (Å²) in [7, 11) is 1.68. The molecular weight excluding hydrogens is 200 g/mol. The van der Waals surface area contributed by atoms with Crippen molar-refractivity contribution in [3.05, 3.63) is 28.8 Å². The Morgan fingerprint density at radius 1 is 1.44 bits per heavy atom. The predicted octanol–water partition coefficient (Wildman–Crippen LogP) is 1.59. The molecule has 0 saturated heterocycles. The largest absolute Gasteiger partial charge is 0.398 e. The molecule has 0 atom stereocenters. The summed E-state index contributed by atoms with van der Waals surface area (Å²) in [5.74, 6) is 2.34. The van der Waals surface area contributed by atoms with Gasteiger partial charge in [0.1, 0.15) is 0 Å². The van der Waals surface area contributed by atoms with Crippen molar-refractivity contribution in [1.29, 1.82) is 0 Å². The average Bonchev–Trinajstić information content (AvgIpc) is 2.23. The molecular formula is C13H16N2O. The van der Waals surface area contributed by atoms with Crippen LogP contribution in [-0.4, -0.2) is 24.4 Å². The van der Waals surface area contributed by atoms with Crippen molar-refractivity contribution in [2.24, 2.45) is 0 Å². The third-order valence-electron chi connectivity index (χ3n) is 2.52. The SMILES string of the molecule is C#CCN(C)C(=O)c1cc(N)c(C)cc1C. The van der Waals surface area contributed by atoms with Crippen LogP contribution in [0, 0.1) is 26.2 Å². The molecule has 3 nitrogen and oxygen atoms in total. The van der Waals surface area contributed by atoms with Gasteiger partial charge in [-0.2, -0.15) is 0 Å². The summed E-state index contributed by atoms with van der Waals surface area (Å²) < 4.78 is 0. The van der Waals surface area contributed by atoms with E-state index in [-0.39, 0.29) is 5.91 Å². The van der Waals surface area contributed by atoms with Crippen LogP contribution in [0.5, 0.6) is 0 Å². The van der Waals surface area contributed by atoms with Gasteiger partial charge in [-0.1, -0.05) is 12.0 Å². The van der Waals surface area contributed by atoms with E-state index in [1.165, 1.54) is 4.90 Å². The van der Waals surface area contributed by atoms with Crippen LogP contribution in [0.2, 0.25) is 0 Å². The molecule has 16 heavy (non-hydrogen) atoms. The Labute approximate surface area is 96.2 Å². The number of rotatable bonds is 2. The second-order valence-corrected chi connectivity index (χ2v) is 3.89. The second kappa shape index (κ2) is 4.71. The number of nitrogen functional groups attached to an aromatic ring is 1. The van der Waals surface area contributed by atoms with Crippen molar-refractivity contribution in [3.8, 4) is 12.3 Å². The van der Waals surface area contributed by atoms with Crippen LogP contribution < -0.4 is 5.73 Å². The highest BCUT2D eigenvalue weighted by Crippen LogP contribution is 2.18. The van der Waals surface area contributed by atoms with E-state index >= 15 is 0 Å². The first-order chi connectivity index (χ1) is 7.47. The Balaban J connectivity index is 3.10. The minimum absolute atomic E-state index is 0.0952. The van der Waals surface area contributed by atoms with E-state index in [1.54, 1.807) is 13.1 Å². The summed E-state index contributed by atoms with van der Waals surface area (Å²) in [6.45, 7) is 4.11. The van der Waals surface area contributed by atoms with Crippen LogP contribution in [-0.2, 0) is 0 Å². The van der Waals surface area contributed by atoms with E-state index < -0.39 is 0 Å². The fraction of sp³-hybridized carbons (Fsp3) is 0.308. The van der Waals surface area contributed by atoms with E-state index in [1.807, 2.05) is 19.9 Å². The van der Waals surface area contributed by atoms with Gasteiger partial charge in [0.05, 0.1) is 6.54 Å². The molecule has 0 radical (unpaired) electrons. The van der Waals surface area contributed by atoms with Crippen LogP contribution >= 0.6 is 0 Å². The molecule has 1 aromatic rings. The number of anilines is 1. The maximum atomic E-state index is 12.0.